The standard InChI is InChI=1S/C15H9NO5/c1-21-11-7-6-10(16(19)20)12-13(11)15(18)9-5-3-2-4-8(9)14(12)17/h2-7H,1H3. The van der Waals surface area contributed by atoms with Crippen molar-refractivity contribution in [2.75, 3.05) is 7.11 Å². The van der Waals surface area contributed by atoms with E-state index in [-0.39, 0.29) is 28.0 Å². The zero-order valence-corrected chi connectivity index (χ0v) is 11.0. The lowest BCUT2D eigenvalue weighted by Gasteiger charge is -2.19. The Hall–Kier alpha value is -3.02. The fraction of sp³-hybridized carbons (Fsp3) is 0.0667. The van der Waals surface area contributed by atoms with E-state index in [2.05, 4.69) is 0 Å². The summed E-state index contributed by atoms with van der Waals surface area (Å²) >= 11 is 0. The number of ether oxygens (including phenoxy) is 1. The van der Waals surface area contributed by atoms with Gasteiger partial charge in [-0.05, 0) is 6.07 Å². The Labute approximate surface area is 119 Å². The fourth-order valence-corrected chi connectivity index (χ4v) is 2.50. The number of benzene rings is 2. The van der Waals surface area contributed by atoms with Gasteiger partial charge in [0, 0.05) is 17.2 Å². The number of carbonyl (C=O) groups excluding carboxylic acids is 2. The Morgan fingerprint density at radius 3 is 2.05 bits per heavy atom. The smallest absolute Gasteiger partial charge is 0.281 e. The highest BCUT2D eigenvalue weighted by Crippen LogP contribution is 2.38. The van der Waals surface area contributed by atoms with Crippen LogP contribution in [0.3, 0.4) is 0 Å². The minimum atomic E-state index is -0.669. The van der Waals surface area contributed by atoms with Crippen molar-refractivity contribution >= 4 is 17.3 Å². The van der Waals surface area contributed by atoms with Crippen LogP contribution in [0.15, 0.2) is 36.4 Å². The Balaban J connectivity index is 2.41. The average Bonchev–Trinajstić information content (AvgIpc) is 2.51. The minimum absolute atomic E-state index is 0.0459. The maximum absolute atomic E-state index is 12.6. The van der Waals surface area contributed by atoms with Gasteiger partial charge in [-0.1, -0.05) is 24.3 Å². The Morgan fingerprint density at radius 1 is 0.952 bits per heavy atom. The molecule has 2 aromatic carbocycles. The lowest BCUT2D eigenvalue weighted by atomic mass is 9.83. The van der Waals surface area contributed by atoms with Crippen LogP contribution in [0.5, 0.6) is 5.75 Å². The summed E-state index contributed by atoms with van der Waals surface area (Å²) in [6.07, 6.45) is 0. The third kappa shape index (κ3) is 1.73. The maximum atomic E-state index is 12.6. The number of ketones is 2. The van der Waals surface area contributed by atoms with Gasteiger partial charge in [0.2, 0.25) is 5.78 Å². The molecule has 6 heteroatoms. The maximum Gasteiger partial charge on any atom is 0.281 e. The molecular formula is C15H9NO5. The second-order valence-electron chi connectivity index (χ2n) is 4.50. The number of nitrogens with zero attached hydrogens (tertiary/aromatic N) is 1. The van der Waals surface area contributed by atoms with Gasteiger partial charge >= 0.3 is 0 Å². The summed E-state index contributed by atoms with van der Waals surface area (Å²) in [5.74, 6) is -0.824. The second-order valence-corrected chi connectivity index (χ2v) is 4.50. The number of nitro groups is 1. The second kappa shape index (κ2) is 4.52. The van der Waals surface area contributed by atoms with Crippen molar-refractivity contribution in [2.45, 2.75) is 0 Å². The first-order valence-corrected chi connectivity index (χ1v) is 6.10. The van der Waals surface area contributed by atoms with Gasteiger partial charge in [-0.3, -0.25) is 19.7 Å². The summed E-state index contributed by atoms with van der Waals surface area (Å²) in [5.41, 5.74) is -0.239. The fourth-order valence-electron chi connectivity index (χ4n) is 2.50. The molecule has 1 aliphatic rings. The topological polar surface area (TPSA) is 86.5 Å². The molecule has 0 heterocycles. The molecular weight excluding hydrogens is 274 g/mol. The third-order valence-electron chi connectivity index (χ3n) is 3.43. The van der Waals surface area contributed by atoms with E-state index in [4.69, 9.17) is 4.74 Å². The molecule has 0 fully saturated rings. The molecule has 6 nitrogen and oxygen atoms in total. The van der Waals surface area contributed by atoms with Crippen molar-refractivity contribution < 1.29 is 19.2 Å². The summed E-state index contributed by atoms with van der Waals surface area (Å²) in [5, 5.41) is 11.1. The Kier molecular flexibility index (Phi) is 2.79. The zero-order chi connectivity index (χ0) is 15.1. The van der Waals surface area contributed by atoms with E-state index >= 15 is 0 Å². The first kappa shape index (κ1) is 13.0. The summed E-state index contributed by atoms with van der Waals surface area (Å²) in [7, 11) is 1.35. The van der Waals surface area contributed by atoms with Crippen LogP contribution in [-0.2, 0) is 0 Å². The van der Waals surface area contributed by atoms with Crippen LogP contribution in [-0.4, -0.2) is 23.6 Å². The van der Waals surface area contributed by atoms with Gasteiger partial charge in [-0.25, -0.2) is 0 Å². The molecule has 0 atom stereocenters. The molecule has 0 aromatic heterocycles. The van der Waals surface area contributed by atoms with Crippen LogP contribution < -0.4 is 4.74 Å². The van der Waals surface area contributed by atoms with E-state index in [9.17, 15) is 19.7 Å². The monoisotopic (exact) mass is 283 g/mol. The van der Waals surface area contributed by atoms with E-state index in [0.29, 0.717) is 0 Å². The largest absolute Gasteiger partial charge is 0.496 e. The van der Waals surface area contributed by atoms with Gasteiger partial charge in [0.1, 0.15) is 11.3 Å². The van der Waals surface area contributed by atoms with Crippen LogP contribution in [0.25, 0.3) is 0 Å². The molecule has 1 aliphatic carbocycles. The Morgan fingerprint density at radius 2 is 1.52 bits per heavy atom. The summed E-state index contributed by atoms with van der Waals surface area (Å²) in [6.45, 7) is 0. The number of rotatable bonds is 2. The molecule has 0 amide bonds. The average molecular weight is 283 g/mol. The van der Waals surface area contributed by atoms with Gasteiger partial charge in [0.15, 0.2) is 5.78 Å². The quantitative estimate of drug-likeness (QED) is 0.532. The van der Waals surface area contributed by atoms with E-state index in [1.165, 1.54) is 31.4 Å². The van der Waals surface area contributed by atoms with Crippen molar-refractivity contribution in [1.29, 1.82) is 0 Å². The first-order chi connectivity index (χ1) is 10.1. The molecule has 0 unspecified atom stereocenters. The summed E-state index contributed by atoms with van der Waals surface area (Å²) < 4.78 is 5.09. The van der Waals surface area contributed by atoms with Crippen molar-refractivity contribution in [1.82, 2.24) is 0 Å². The SMILES string of the molecule is COc1ccc([N+](=O)[O-])c2c1C(=O)c1ccccc1C2=O. The predicted molar refractivity (Wildman–Crippen MR) is 73.0 cm³/mol. The minimum Gasteiger partial charge on any atom is -0.496 e. The highest BCUT2D eigenvalue weighted by Gasteiger charge is 2.37. The van der Waals surface area contributed by atoms with E-state index < -0.39 is 22.2 Å². The van der Waals surface area contributed by atoms with Crippen molar-refractivity contribution in [2.24, 2.45) is 0 Å². The molecule has 0 spiro atoms. The van der Waals surface area contributed by atoms with E-state index in [0.717, 1.165) is 0 Å². The number of hydrogen-bond donors (Lipinski definition) is 0. The molecule has 21 heavy (non-hydrogen) atoms. The van der Waals surface area contributed by atoms with Crippen LogP contribution in [0, 0.1) is 10.1 Å². The number of fused-ring (bicyclic) bond motifs is 2. The van der Waals surface area contributed by atoms with Crippen molar-refractivity contribution in [3.05, 3.63) is 68.8 Å². The van der Waals surface area contributed by atoms with Gasteiger partial charge < -0.3 is 4.74 Å². The number of hydrogen-bond acceptors (Lipinski definition) is 5. The summed E-state index contributed by atoms with van der Waals surface area (Å²) in [6, 6.07) is 8.77. The number of nitro benzene ring substituents is 1. The molecule has 2 aromatic rings. The summed E-state index contributed by atoms with van der Waals surface area (Å²) in [4.78, 5) is 35.6. The molecule has 0 saturated heterocycles. The third-order valence-corrected chi connectivity index (χ3v) is 3.43. The van der Waals surface area contributed by atoms with Gasteiger partial charge in [0.25, 0.3) is 5.69 Å². The lowest BCUT2D eigenvalue weighted by molar-refractivity contribution is -0.385. The normalized spacial score (nSPS) is 12.6. The lowest BCUT2D eigenvalue weighted by Crippen LogP contribution is -2.22. The molecule has 0 saturated carbocycles. The van der Waals surface area contributed by atoms with Crippen molar-refractivity contribution in [3.63, 3.8) is 0 Å². The van der Waals surface area contributed by atoms with Gasteiger partial charge in [0.05, 0.1) is 17.6 Å². The zero-order valence-electron chi connectivity index (χ0n) is 11.0. The highest BCUT2D eigenvalue weighted by molar-refractivity contribution is 6.30. The van der Waals surface area contributed by atoms with Crippen LogP contribution in [0.4, 0.5) is 5.69 Å². The van der Waals surface area contributed by atoms with Crippen LogP contribution in [0.1, 0.15) is 31.8 Å². The molecule has 0 bridgehead atoms. The van der Waals surface area contributed by atoms with Gasteiger partial charge in [-0.15, -0.1) is 0 Å². The highest BCUT2D eigenvalue weighted by atomic mass is 16.6. The Bertz CT molecular complexity index is 810. The molecule has 104 valence electrons. The van der Waals surface area contributed by atoms with E-state index in [1.807, 2.05) is 0 Å². The molecule has 0 radical (unpaired) electrons. The molecule has 0 N–H and O–H groups in total. The predicted octanol–water partition coefficient (Wildman–Crippen LogP) is 2.38. The van der Waals surface area contributed by atoms with Crippen LogP contribution in [0.2, 0.25) is 0 Å². The van der Waals surface area contributed by atoms with Gasteiger partial charge in [-0.2, -0.15) is 0 Å². The van der Waals surface area contributed by atoms with Crippen molar-refractivity contribution in [3.8, 4) is 5.75 Å². The van der Waals surface area contributed by atoms with Crippen LogP contribution >= 0.6 is 0 Å². The molecule has 0 aliphatic heterocycles. The number of carbonyl (C=O) groups is 2. The first-order valence-electron chi connectivity index (χ1n) is 6.10. The molecule has 3 rings (SSSR count). The number of methoxy groups -OCH3 is 1. The van der Waals surface area contributed by atoms with E-state index in [1.54, 1.807) is 12.1 Å².